The van der Waals surface area contributed by atoms with Crippen molar-refractivity contribution >= 4 is 32.3 Å². The molecule has 3 aromatic rings. The number of alkyl halides is 4. The van der Waals surface area contributed by atoms with Crippen molar-refractivity contribution in [2.45, 2.75) is 48.5 Å². The van der Waals surface area contributed by atoms with E-state index in [0.29, 0.717) is 29.7 Å². The lowest BCUT2D eigenvalue weighted by Gasteiger charge is -2.36. The maximum Gasteiger partial charge on any atom is 0.406 e. The van der Waals surface area contributed by atoms with Crippen LogP contribution in [0.5, 0.6) is 5.75 Å². The van der Waals surface area contributed by atoms with Gasteiger partial charge < -0.3 is 40.0 Å². The zero-order valence-corrected chi connectivity index (χ0v) is 27.8. The van der Waals surface area contributed by atoms with Gasteiger partial charge in [0.1, 0.15) is 18.5 Å². The van der Waals surface area contributed by atoms with Crippen molar-refractivity contribution in [3.63, 3.8) is 0 Å². The highest BCUT2D eigenvalue weighted by atomic mass is 32.2. The van der Waals surface area contributed by atoms with E-state index >= 15 is 4.39 Å². The molecule has 12 nitrogen and oxygen atoms in total. The molecular weight excluding hydrogens is 674 g/mol. The largest absolute Gasteiger partial charge is 0.495 e. The lowest BCUT2D eigenvalue weighted by atomic mass is 10.0. The number of ether oxygens (including phenoxy) is 2. The SMILES string of the molecule is COC[C@H](O)CN1CCC(Nc2cccc3c2cc(C#CCNc2ccc(S(=O)(=O)NC[C@@H](O)CO)cc2OC)n3CC(F)(F)F)C(F)C1. The number of sulfonamides is 1. The number of nitrogens with one attached hydrogen (secondary N) is 3. The number of methoxy groups -OCH3 is 2. The molecule has 0 bridgehead atoms. The first-order valence-electron chi connectivity index (χ1n) is 15.4. The van der Waals surface area contributed by atoms with E-state index in [1.54, 1.807) is 18.2 Å². The summed E-state index contributed by atoms with van der Waals surface area (Å²) < 4.78 is 94.9. The maximum absolute atomic E-state index is 15.2. The molecule has 6 N–H and O–H groups in total. The van der Waals surface area contributed by atoms with Gasteiger partial charge in [-0.05, 0) is 42.7 Å². The fourth-order valence-electron chi connectivity index (χ4n) is 5.52. The van der Waals surface area contributed by atoms with Crippen LogP contribution in [-0.2, 0) is 21.3 Å². The third-order valence-corrected chi connectivity index (χ3v) is 9.29. The van der Waals surface area contributed by atoms with Gasteiger partial charge in [-0.25, -0.2) is 17.5 Å². The van der Waals surface area contributed by atoms with Crippen LogP contribution in [0, 0.1) is 11.8 Å². The molecule has 1 fully saturated rings. The van der Waals surface area contributed by atoms with Crippen molar-refractivity contribution in [3.8, 4) is 17.6 Å². The molecular formula is C32H41F4N5O7S. The van der Waals surface area contributed by atoms with Crippen LogP contribution in [-0.4, -0.2) is 124 Å². The first kappa shape index (κ1) is 38.2. The molecule has 0 saturated carbocycles. The number of aliphatic hydroxyl groups is 3. The molecule has 49 heavy (non-hydrogen) atoms. The molecule has 17 heteroatoms. The Morgan fingerprint density at radius 1 is 1.10 bits per heavy atom. The van der Waals surface area contributed by atoms with E-state index in [0.717, 1.165) is 4.57 Å². The third kappa shape index (κ3) is 10.4. The normalized spacial score (nSPS) is 18.5. The fourth-order valence-corrected chi connectivity index (χ4v) is 6.60. The van der Waals surface area contributed by atoms with Crippen molar-refractivity contribution < 1.29 is 50.8 Å². The van der Waals surface area contributed by atoms with Crippen molar-refractivity contribution in [2.24, 2.45) is 0 Å². The number of aromatic nitrogens is 1. The number of β-amino-alcohol motifs (C(OH)–C–C–N with tert-alkyl or cyclic N) is 1. The zero-order chi connectivity index (χ0) is 35.8. The third-order valence-electron chi connectivity index (χ3n) is 7.86. The average Bonchev–Trinajstić information content (AvgIpc) is 3.39. The van der Waals surface area contributed by atoms with Crippen LogP contribution in [0.4, 0.5) is 28.9 Å². The Kier molecular flexibility index (Phi) is 13.1. The van der Waals surface area contributed by atoms with Gasteiger partial charge >= 0.3 is 6.18 Å². The number of hydrogen-bond acceptors (Lipinski definition) is 10. The second kappa shape index (κ2) is 16.9. The standard InChI is InChI=1S/C32H41F4N5O7S/c1-47-19-23(44)16-40-12-10-28(26(33)17-40)39-27-6-3-7-30-25(27)13-21(41(30)20-32(34,35)36)5-4-11-37-29-9-8-24(14-31(29)48-2)49(45,46)38-15-22(43)18-42/h3,6-9,13-14,22-23,26,28,37-39,42-44H,10-12,15-20H2,1-2H3/t22-,23-,26?,28?/m1/s1. The van der Waals surface area contributed by atoms with E-state index in [-0.39, 0.29) is 48.1 Å². The van der Waals surface area contributed by atoms with Crippen LogP contribution in [0.1, 0.15) is 12.1 Å². The molecule has 270 valence electrons. The van der Waals surface area contributed by atoms with Gasteiger partial charge in [0, 0.05) is 50.4 Å². The van der Waals surface area contributed by atoms with Crippen LogP contribution < -0.4 is 20.1 Å². The van der Waals surface area contributed by atoms with E-state index in [1.807, 2.05) is 4.90 Å². The second-order valence-electron chi connectivity index (χ2n) is 11.6. The number of anilines is 2. The Balaban J connectivity index is 1.51. The van der Waals surface area contributed by atoms with E-state index in [4.69, 9.17) is 14.6 Å². The molecule has 1 saturated heterocycles. The van der Waals surface area contributed by atoms with E-state index in [2.05, 4.69) is 27.2 Å². The highest BCUT2D eigenvalue weighted by Crippen LogP contribution is 2.32. The molecule has 2 aromatic carbocycles. The number of halogens is 4. The minimum atomic E-state index is -4.55. The topological polar surface area (TPSA) is 158 Å². The van der Waals surface area contributed by atoms with Crippen LogP contribution in [0.2, 0.25) is 0 Å². The Bertz CT molecular complexity index is 1730. The summed E-state index contributed by atoms with van der Waals surface area (Å²) in [6, 6.07) is 9.73. The van der Waals surface area contributed by atoms with Gasteiger partial charge in [0.15, 0.2) is 0 Å². The summed E-state index contributed by atoms with van der Waals surface area (Å²) in [5.41, 5.74) is 1.20. The summed E-state index contributed by atoms with van der Waals surface area (Å²) in [5.74, 6) is 5.75. The number of benzene rings is 2. The Morgan fingerprint density at radius 3 is 2.55 bits per heavy atom. The van der Waals surface area contributed by atoms with Crippen LogP contribution >= 0.6 is 0 Å². The summed E-state index contributed by atoms with van der Waals surface area (Å²) in [6.45, 7) is -1.33. The number of aliphatic hydroxyl groups excluding tert-OH is 3. The van der Waals surface area contributed by atoms with Crippen molar-refractivity contribution in [3.05, 3.63) is 48.2 Å². The Morgan fingerprint density at radius 2 is 1.88 bits per heavy atom. The molecule has 4 atom stereocenters. The van der Waals surface area contributed by atoms with Gasteiger partial charge in [-0.1, -0.05) is 12.0 Å². The first-order valence-corrected chi connectivity index (χ1v) is 16.9. The van der Waals surface area contributed by atoms with Gasteiger partial charge in [-0.3, -0.25) is 4.90 Å². The molecule has 0 spiro atoms. The monoisotopic (exact) mass is 715 g/mol. The van der Waals surface area contributed by atoms with Crippen LogP contribution in [0.25, 0.3) is 10.9 Å². The number of hydrogen-bond donors (Lipinski definition) is 6. The van der Waals surface area contributed by atoms with Gasteiger partial charge in [0.25, 0.3) is 0 Å². The summed E-state index contributed by atoms with van der Waals surface area (Å²) in [5, 5.41) is 35.0. The summed E-state index contributed by atoms with van der Waals surface area (Å²) >= 11 is 0. The van der Waals surface area contributed by atoms with E-state index in [9.17, 15) is 31.8 Å². The Hall–Kier alpha value is -3.63. The second-order valence-corrected chi connectivity index (χ2v) is 13.4. The molecule has 1 aliphatic rings. The quantitative estimate of drug-likeness (QED) is 0.102. The van der Waals surface area contributed by atoms with Gasteiger partial charge in [-0.2, -0.15) is 13.2 Å². The summed E-state index contributed by atoms with van der Waals surface area (Å²) in [6.07, 6.45) is -7.43. The Labute approximate surface area is 282 Å². The number of rotatable bonds is 15. The van der Waals surface area contributed by atoms with Gasteiger partial charge in [0.2, 0.25) is 10.0 Å². The predicted octanol–water partition coefficient (Wildman–Crippen LogP) is 2.14. The number of fused-ring (bicyclic) bond motifs is 1. The molecule has 0 aliphatic carbocycles. The molecule has 1 aromatic heterocycles. The van der Waals surface area contributed by atoms with Gasteiger partial charge in [-0.15, -0.1) is 0 Å². The van der Waals surface area contributed by atoms with Gasteiger partial charge in [0.05, 0.1) is 66.9 Å². The lowest BCUT2D eigenvalue weighted by molar-refractivity contribution is -0.140. The molecule has 1 aliphatic heterocycles. The minimum Gasteiger partial charge on any atom is -0.495 e. The van der Waals surface area contributed by atoms with Crippen LogP contribution in [0.3, 0.4) is 0 Å². The molecule has 2 unspecified atom stereocenters. The van der Waals surface area contributed by atoms with Crippen LogP contribution in [0.15, 0.2) is 47.4 Å². The van der Waals surface area contributed by atoms with Crippen molar-refractivity contribution in [2.75, 3.05) is 70.8 Å². The molecule has 2 heterocycles. The highest BCUT2D eigenvalue weighted by Gasteiger charge is 2.32. The lowest BCUT2D eigenvalue weighted by Crippen LogP contribution is -2.50. The number of piperidine rings is 1. The first-order chi connectivity index (χ1) is 23.2. The van der Waals surface area contributed by atoms with Crippen molar-refractivity contribution in [1.29, 1.82) is 0 Å². The minimum absolute atomic E-state index is 0.0385. The van der Waals surface area contributed by atoms with E-state index in [1.165, 1.54) is 38.5 Å². The van der Waals surface area contributed by atoms with Crippen molar-refractivity contribution in [1.82, 2.24) is 14.2 Å². The zero-order valence-electron chi connectivity index (χ0n) is 27.0. The number of nitrogens with zero attached hydrogens (tertiary/aromatic N) is 2. The summed E-state index contributed by atoms with van der Waals surface area (Å²) in [7, 11) is -1.23. The molecule has 0 amide bonds. The highest BCUT2D eigenvalue weighted by molar-refractivity contribution is 7.89. The van der Waals surface area contributed by atoms with E-state index < -0.39 is 60.3 Å². The average molecular weight is 716 g/mol. The maximum atomic E-state index is 15.2. The number of likely N-dealkylation sites (tertiary alicyclic amines) is 1. The molecule has 0 radical (unpaired) electrons. The predicted molar refractivity (Wildman–Crippen MR) is 176 cm³/mol. The molecule has 4 rings (SSSR count). The fraction of sp³-hybridized carbons (Fsp3) is 0.500. The smallest absolute Gasteiger partial charge is 0.406 e. The summed E-state index contributed by atoms with van der Waals surface area (Å²) in [4.78, 5) is 1.66.